The van der Waals surface area contributed by atoms with Crippen LogP contribution in [0.3, 0.4) is 0 Å². The molecule has 0 atom stereocenters. The van der Waals surface area contributed by atoms with Crippen LogP contribution < -0.4 is 5.73 Å². The fraction of sp³-hybridized carbons (Fsp3) is 0.222. The van der Waals surface area contributed by atoms with Crippen molar-refractivity contribution in [2.75, 3.05) is 12.8 Å². The molecule has 1 aromatic heterocycles. The molecule has 1 aromatic rings. The van der Waals surface area contributed by atoms with Gasteiger partial charge >= 0.3 is 5.97 Å². The summed E-state index contributed by atoms with van der Waals surface area (Å²) >= 11 is 5.64. The second kappa shape index (κ2) is 4.27. The predicted molar refractivity (Wildman–Crippen MR) is 57.5 cm³/mol. The molecule has 15 heavy (non-hydrogen) atoms. The number of hydrogen-bond donors (Lipinski definition) is 1. The standard InChI is InChI=1S/C9H10ClN3O2/c1-4(2)6-5(11)7(8(14)15-3)13-9(10)12-6/h1,11H2,2-3H3. The number of nitrogens with zero attached hydrogens (tertiary/aromatic N) is 2. The number of carbonyl (C=O) groups excluding carboxylic acids is 1. The van der Waals surface area contributed by atoms with Gasteiger partial charge in [-0.1, -0.05) is 6.58 Å². The summed E-state index contributed by atoms with van der Waals surface area (Å²) in [4.78, 5) is 18.9. The normalized spacial score (nSPS) is 9.80. The summed E-state index contributed by atoms with van der Waals surface area (Å²) in [7, 11) is 1.23. The van der Waals surface area contributed by atoms with Crippen LogP contribution in [0.5, 0.6) is 0 Å². The van der Waals surface area contributed by atoms with E-state index in [9.17, 15) is 4.79 Å². The molecule has 0 bridgehead atoms. The Morgan fingerprint density at radius 3 is 2.47 bits per heavy atom. The molecular formula is C9H10ClN3O2. The number of anilines is 1. The number of esters is 1. The van der Waals surface area contributed by atoms with Crippen LogP contribution in [-0.4, -0.2) is 23.0 Å². The highest BCUT2D eigenvalue weighted by Crippen LogP contribution is 2.22. The molecule has 0 unspecified atom stereocenters. The SMILES string of the molecule is C=C(C)c1nc(Cl)nc(C(=O)OC)c1N. The van der Waals surface area contributed by atoms with E-state index in [1.807, 2.05) is 0 Å². The van der Waals surface area contributed by atoms with Crippen molar-refractivity contribution in [2.45, 2.75) is 6.92 Å². The van der Waals surface area contributed by atoms with E-state index in [1.165, 1.54) is 7.11 Å². The summed E-state index contributed by atoms with van der Waals surface area (Å²) < 4.78 is 4.51. The van der Waals surface area contributed by atoms with E-state index in [2.05, 4.69) is 21.3 Å². The fourth-order valence-corrected chi connectivity index (χ4v) is 1.19. The average molecular weight is 228 g/mol. The van der Waals surface area contributed by atoms with Crippen molar-refractivity contribution in [3.05, 3.63) is 23.3 Å². The molecule has 0 fully saturated rings. The van der Waals surface area contributed by atoms with Crippen molar-refractivity contribution in [3.63, 3.8) is 0 Å². The Bertz CT molecular complexity index is 432. The lowest BCUT2D eigenvalue weighted by Gasteiger charge is -2.07. The van der Waals surface area contributed by atoms with Crippen LogP contribution in [0.15, 0.2) is 6.58 Å². The molecule has 5 nitrogen and oxygen atoms in total. The third kappa shape index (κ3) is 2.24. The highest BCUT2D eigenvalue weighted by Gasteiger charge is 2.18. The van der Waals surface area contributed by atoms with E-state index in [0.717, 1.165) is 0 Å². The maximum atomic E-state index is 11.3. The quantitative estimate of drug-likeness (QED) is 0.612. The third-order valence-corrected chi connectivity index (χ3v) is 1.87. The van der Waals surface area contributed by atoms with E-state index in [4.69, 9.17) is 17.3 Å². The van der Waals surface area contributed by atoms with Crippen molar-refractivity contribution in [2.24, 2.45) is 0 Å². The summed E-state index contributed by atoms with van der Waals surface area (Å²) in [6, 6.07) is 0. The Morgan fingerprint density at radius 2 is 2.00 bits per heavy atom. The lowest BCUT2D eigenvalue weighted by Crippen LogP contribution is -2.12. The molecule has 80 valence electrons. The number of allylic oxidation sites excluding steroid dienone is 1. The smallest absolute Gasteiger partial charge is 0.359 e. The number of hydrogen-bond acceptors (Lipinski definition) is 5. The lowest BCUT2D eigenvalue weighted by molar-refractivity contribution is 0.0595. The Morgan fingerprint density at radius 1 is 1.47 bits per heavy atom. The maximum Gasteiger partial charge on any atom is 0.359 e. The first-order valence-corrected chi connectivity index (χ1v) is 4.42. The summed E-state index contributed by atoms with van der Waals surface area (Å²) in [5, 5.41) is -0.0670. The van der Waals surface area contributed by atoms with Gasteiger partial charge in [-0.05, 0) is 24.1 Å². The zero-order chi connectivity index (χ0) is 11.6. The van der Waals surface area contributed by atoms with Gasteiger partial charge < -0.3 is 10.5 Å². The minimum Gasteiger partial charge on any atom is -0.464 e. The summed E-state index contributed by atoms with van der Waals surface area (Å²) in [6.07, 6.45) is 0. The van der Waals surface area contributed by atoms with E-state index >= 15 is 0 Å². The number of rotatable bonds is 2. The van der Waals surface area contributed by atoms with Gasteiger partial charge in [-0.2, -0.15) is 0 Å². The van der Waals surface area contributed by atoms with Gasteiger partial charge in [-0.3, -0.25) is 0 Å². The van der Waals surface area contributed by atoms with Crippen molar-refractivity contribution in [1.82, 2.24) is 9.97 Å². The van der Waals surface area contributed by atoms with Crippen LogP contribution in [0.2, 0.25) is 5.28 Å². The predicted octanol–water partition coefficient (Wildman–Crippen LogP) is 1.53. The minimum absolute atomic E-state index is 0.0458. The minimum atomic E-state index is -0.653. The Hall–Kier alpha value is -1.62. The van der Waals surface area contributed by atoms with Crippen LogP contribution in [0.1, 0.15) is 23.1 Å². The van der Waals surface area contributed by atoms with Gasteiger partial charge in [-0.25, -0.2) is 14.8 Å². The van der Waals surface area contributed by atoms with Crippen molar-refractivity contribution in [3.8, 4) is 0 Å². The molecule has 0 amide bonds. The molecular weight excluding hydrogens is 218 g/mol. The Kier molecular flexibility index (Phi) is 3.26. The van der Waals surface area contributed by atoms with Crippen LogP contribution >= 0.6 is 11.6 Å². The zero-order valence-electron chi connectivity index (χ0n) is 8.37. The van der Waals surface area contributed by atoms with Gasteiger partial charge in [0, 0.05) is 0 Å². The first-order valence-electron chi connectivity index (χ1n) is 4.04. The van der Waals surface area contributed by atoms with Crippen molar-refractivity contribution in [1.29, 1.82) is 0 Å². The van der Waals surface area contributed by atoms with Gasteiger partial charge in [-0.15, -0.1) is 0 Å². The van der Waals surface area contributed by atoms with Crippen LogP contribution in [-0.2, 0) is 4.74 Å². The Labute approximate surface area is 91.9 Å². The molecule has 0 aromatic carbocycles. The molecule has 0 saturated heterocycles. The van der Waals surface area contributed by atoms with E-state index in [0.29, 0.717) is 11.3 Å². The summed E-state index contributed by atoms with van der Waals surface area (Å²) in [6.45, 7) is 5.38. The van der Waals surface area contributed by atoms with Gasteiger partial charge in [0.25, 0.3) is 0 Å². The van der Waals surface area contributed by atoms with Gasteiger partial charge in [0.15, 0.2) is 5.69 Å². The molecule has 0 radical (unpaired) electrons. The van der Waals surface area contributed by atoms with Crippen molar-refractivity contribution < 1.29 is 9.53 Å². The van der Waals surface area contributed by atoms with Crippen LogP contribution in [0.25, 0.3) is 5.57 Å². The van der Waals surface area contributed by atoms with Gasteiger partial charge in [0.2, 0.25) is 5.28 Å². The number of methoxy groups -OCH3 is 1. The molecule has 0 aliphatic rings. The molecule has 0 aliphatic carbocycles. The second-order valence-corrected chi connectivity index (χ2v) is 3.21. The number of halogens is 1. The van der Waals surface area contributed by atoms with E-state index in [1.54, 1.807) is 6.92 Å². The summed E-state index contributed by atoms with van der Waals surface area (Å²) in [5.74, 6) is -0.653. The van der Waals surface area contributed by atoms with E-state index < -0.39 is 5.97 Å². The molecule has 1 rings (SSSR count). The second-order valence-electron chi connectivity index (χ2n) is 2.88. The molecule has 2 N–H and O–H groups in total. The molecule has 6 heteroatoms. The highest BCUT2D eigenvalue weighted by atomic mass is 35.5. The highest BCUT2D eigenvalue weighted by molar-refractivity contribution is 6.28. The van der Waals surface area contributed by atoms with Crippen LogP contribution in [0, 0.1) is 0 Å². The zero-order valence-corrected chi connectivity index (χ0v) is 9.13. The maximum absolute atomic E-state index is 11.3. The average Bonchev–Trinajstić information content (AvgIpc) is 2.19. The first kappa shape index (κ1) is 11.5. The number of nitrogen functional groups attached to an aromatic ring is 1. The number of ether oxygens (including phenoxy) is 1. The Balaban J connectivity index is 3.41. The van der Waals surface area contributed by atoms with Gasteiger partial charge in [0.1, 0.15) is 0 Å². The number of aromatic nitrogens is 2. The fourth-order valence-electron chi connectivity index (χ4n) is 1.02. The summed E-state index contributed by atoms with van der Waals surface area (Å²) in [5.41, 5.74) is 6.72. The van der Waals surface area contributed by atoms with Crippen molar-refractivity contribution >= 4 is 28.8 Å². The monoisotopic (exact) mass is 227 g/mol. The molecule has 1 heterocycles. The lowest BCUT2D eigenvalue weighted by atomic mass is 10.2. The first-order chi connectivity index (χ1) is 6.97. The van der Waals surface area contributed by atoms with Gasteiger partial charge in [0.05, 0.1) is 18.5 Å². The van der Waals surface area contributed by atoms with Crippen LogP contribution in [0.4, 0.5) is 5.69 Å². The topological polar surface area (TPSA) is 78.1 Å². The molecule has 0 spiro atoms. The molecule has 0 saturated carbocycles. The molecule has 0 aliphatic heterocycles. The largest absolute Gasteiger partial charge is 0.464 e. The van der Waals surface area contributed by atoms with E-state index in [-0.39, 0.29) is 16.7 Å². The number of carbonyl (C=O) groups is 1. The number of nitrogens with two attached hydrogens (primary N) is 1. The third-order valence-electron chi connectivity index (χ3n) is 1.70.